The molecule has 6 heteroatoms. The van der Waals surface area contributed by atoms with E-state index in [2.05, 4.69) is 10.3 Å². The Bertz CT molecular complexity index is 1050. The van der Waals surface area contributed by atoms with Crippen LogP contribution in [0.1, 0.15) is 51.5 Å². The van der Waals surface area contributed by atoms with E-state index >= 15 is 0 Å². The molecule has 2 amide bonds. The number of aryl methyl sites for hydroxylation is 1. The Kier molecular flexibility index (Phi) is 4.86. The maximum atomic E-state index is 13.0. The molecule has 0 spiro atoms. The molecule has 3 aromatic rings. The van der Waals surface area contributed by atoms with Gasteiger partial charge in [0.1, 0.15) is 0 Å². The molecule has 1 N–H and O–H groups in total. The van der Waals surface area contributed by atoms with Crippen LogP contribution < -0.4 is 5.32 Å². The molecule has 28 heavy (non-hydrogen) atoms. The second-order valence-corrected chi connectivity index (χ2v) is 7.29. The highest BCUT2D eigenvalue weighted by atomic mass is 16.2. The van der Waals surface area contributed by atoms with Crippen LogP contribution in [0.2, 0.25) is 0 Å². The summed E-state index contributed by atoms with van der Waals surface area (Å²) in [5, 5.41) is 2.95. The summed E-state index contributed by atoms with van der Waals surface area (Å²) in [6.07, 6.45) is 4.95. The van der Waals surface area contributed by atoms with E-state index in [1.54, 1.807) is 10.6 Å². The zero-order chi connectivity index (χ0) is 19.7. The maximum absolute atomic E-state index is 13.0. The number of hydrogen-bond acceptors (Lipinski definition) is 3. The quantitative estimate of drug-likeness (QED) is 0.755. The van der Waals surface area contributed by atoms with Gasteiger partial charge in [-0.25, -0.2) is 4.98 Å². The van der Waals surface area contributed by atoms with Crippen molar-refractivity contribution >= 4 is 23.0 Å². The Morgan fingerprint density at radius 2 is 1.79 bits per heavy atom. The molecule has 0 aliphatic carbocycles. The molecule has 1 fully saturated rings. The average molecular weight is 376 g/mol. The SMILES string of the molecule is Cc1cccc(NC(=O)c2nc(C(=O)N3CCCCC3)n3ccccc23)c1C. The first kappa shape index (κ1) is 18.2. The van der Waals surface area contributed by atoms with Crippen molar-refractivity contribution in [1.82, 2.24) is 14.3 Å². The highest BCUT2D eigenvalue weighted by Gasteiger charge is 2.26. The summed E-state index contributed by atoms with van der Waals surface area (Å²) >= 11 is 0. The van der Waals surface area contributed by atoms with Crippen molar-refractivity contribution < 1.29 is 9.59 Å². The maximum Gasteiger partial charge on any atom is 0.290 e. The fourth-order valence-electron chi connectivity index (χ4n) is 3.66. The second-order valence-electron chi connectivity index (χ2n) is 7.29. The lowest BCUT2D eigenvalue weighted by Crippen LogP contribution is -2.36. The van der Waals surface area contributed by atoms with Gasteiger partial charge in [-0.2, -0.15) is 0 Å². The summed E-state index contributed by atoms with van der Waals surface area (Å²) in [6, 6.07) is 11.3. The van der Waals surface area contributed by atoms with E-state index in [1.165, 1.54) is 0 Å². The molecule has 144 valence electrons. The van der Waals surface area contributed by atoms with Crippen LogP contribution in [0.5, 0.6) is 0 Å². The van der Waals surface area contributed by atoms with Crippen LogP contribution >= 0.6 is 0 Å². The van der Waals surface area contributed by atoms with Crippen LogP contribution in [0.3, 0.4) is 0 Å². The number of imidazole rings is 1. The highest BCUT2D eigenvalue weighted by molar-refractivity contribution is 6.09. The predicted octanol–water partition coefficient (Wildman–Crippen LogP) is 3.83. The van der Waals surface area contributed by atoms with Gasteiger partial charge in [-0.05, 0) is 62.4 Å². The van der Waals surface area contributed by atoms with Gasteiger partial charge < -0.3 is 10.2 Å². The number of likely N-dealkylation sites (tertiary alicyclic amines) is 1. The van der Waals surface area contributed by atoms with Crippen molar-refractivity contribution in [3.05, 3.63) is 65.2 Å². The van der Waals surface area contributed by atoms with Gasteiger partial charge in [0, 0.05) is 25.0 Å². The first-order valence-corrected chi connectivity index (χ1v) is 9.70. The second kappa shape index (κ2) is 7.46. The minimum atomic E-state index is -0.310. The summed E-state index contributed by atoms with van der Waals surface area (Å²) in [5.41, 5.74) is 3.77. The molecule has 4 rings (SSSR count). The molecular weight excluding hydrogens is 352 g/mol. The molecule has 0 unspecified atom stereocenters. The number of benzene rings is 1. The van der Waals surface area contributed by atoms with Crippen LogP contribution in [0, 0.1) is 13.8 Å². The van der Waals surface area contributed by atoms with Gasteiger partial charge in [0.05, 0.1) is 5.52 Å². The number of rotatable bonds is 3. The Balaban J connectivity index is 1.70. The van der Waals surface area contributed by atoms with Gasteiger partial charge in [-0.3, -0.25) is 14.0 Å². The third-order valence-corrected chi connectivity index (χ3v) is 5.45. The molecule has 2 aromatic heterocycles. The van der Waals surface area contributed by atoms with Crippen LogP contribution in [0.4, 0.5) is 5.69 Å². The average Bonchev–Trinajstić information content (AvgIpc) is 3.11. The number of carbonyl (C=O) groups is 2. The van der Waals surface area contributed by atoms with Gasteiger partial charge in [0.15, 0.2) is 5.69 Å². The van der Waals surface area contributed by atoms with E-state index in [-0.39, 0.29) is 17.5 Å². The number of nitrogens with one attached hydrogen (secondary N) is 1. The van der Waals surface area contributed by atoms with Crippen molar-refractivity contribution in [3.8, 4) is 0 Å². The van der Waals surface area contributed by atoms with E-state index in [0.717, 1.165) is 49.2 Å². The van der Waals surface area contributed by atoms with E-state index in [1.807, 2.05) is 55.1 Å². The van der Waals surface area contributed by atoms with Gasteiger partial charge in [-0.1, -0.05) is 18.2 Å². The smallest absolute Gasteiger partial charge is 0.290 e. The van der Waals surface area contributed by atoms with Crippen molar-refractivity contribution in [3.63, 3.8) is 0 Å². The monoisotopic (exact) mass is 376 g/mol. The van der Waals surface area contributed by atoms with E-state index in [9.17, 15) is 9.59 Å². The molecule has 0 bridgehead atoms. The van der Waals surface area contributed by atoms with Gasteiger partial charge in [-0.15, -0.1) is 0 Å². The van der Waals surface area contributed by atoms with Gasteiger partial charge >= 0.3 is 0 Å². The number of aromatic nitrogens is 2. The third kappa shape index (κ3) is 3.26. The largest absolute Gasteiger partial charge is 0.336 e. The van der Waals surface area contributed by atoms with Crippen molar-refractivity contribution in [2.75, 3.05) is 18.4 Å². The molecule has 6 nitrogen and oxygen atoms in total. The van der Waals surface area contributed by atoms with Crippen molar-refractivity contribution in [2.45, 2.75) is 33.1 Å². The molecule has 0 saturated carbocycles. The number of anilines is 1. The predicted molar refractivity (Wildman–Crippen MR) is 109 cm³/mol. The molecule has 1 aliphatic rings. The highest BCUT2D eigenvalue weighted by Crippen LogP contribution is 2.21. The van der Waals surface area contributed by atoms with Crippen LogP contribution in [-0.2, 0) is 0 Å². The van der Waals surface area contributed by atoms with E-state index in [0.29, 0.717) is 11.3 Å². The van der Waals surface area contributed by atoms with E-state index < -0.39 is 0 Å². The van der Waals surface area contributed by atoms with Gasteiger partial charge in [0.2, 0.25) is 5.82 Å². The van der Waals surface area contributed by atoms with Crippen molar-refractivity contribution in [1.29, 1.82) is 0 Å². The van der Waals surface area contributed by atoms with Crippen molar-refractivity contribution in [2.24, 2.45) is 0 Å². The Hall–Kier alpha value is -3.15. The lowest BCUT2D eigenvalue weighted by atomic mass is 10.1. The Morgan fingerprint density at radius 1 is 1.00 bits per heavy atom. The lowest BCUT2D eigenvalue weighted by Gasteiger charge is -2.25. The Morgan fingerprint density at radius 3 is 2.57 bits per heavy atom. The summed E-state index contributed by atoms with van der Waals surface area (Å²) in [5.74, 6) is -0.134. The fourth-order valence-corrected chi connectivity index (χ4v) is 3.66. The van der Waals surface area contributed by atoms with Crippen LogP contribution in [-0.4, -0.2) is 39.2 Å². The van der Waals surface area contributed by atoms with E-state index in [4.69, 9.17) is 0 Å². The minimum Gasteiger partial charge on any atom is -0.336 e. The first-order chi connectivity index (χ1) is 13.6. The van der Waals surface area contributed by atoms with Crippen LogP contribution in [0.25, 0.3) is 5.52 Å². The standard InChI is InChI=1S/C22H24N4O2/c1-15-9-8-10-17(16(15)2)23-21(27)19-18-11-4-7-14-26(18)20(24-19)22(28)25-12-5-3-6-13-25/h4,7-11,14H,3,5-6,12-13H2,1-2H3,(H,23,27). The topological polar surface area (TPSA) is 66.7 Å². The zero-order valence-corrected chi connectivity index (χ0v) is 16.2. The first-order valence-electron chi connectivity index (χ1n) is 9.70. The molecule has 0 radical (unpaired) electrons. The molecule has 0 atom stereocenters. The third-order valence-electron chi connectivity index (χ3n) is 5.45. The summed E-state index contributed by atoms with van der Waals surface area (Å²) in [4.78, 5) is 32.3. The number of hydrogen-bond donors (Lipinski definition) is 1. The molecule has 1 saturated heterocycles. The zero-order valence-electron chi connectivity index (χ0n) is 16.2. The minimum absolute atomic E-state index is 0.119. The number of nitrogens with zero attached hydrogens (tertiary/aromatic N) is 3. The fraction of sp³-hybridized carbons (Fsp3) is 0.318. The summed E-state index contributed by atoms with van der Waals surface area (Å²) in [6.45, 7) is 5.46. The number of piperidine rings is 1. The molecule has 3 heterocycles. The molecule has 1 aliphatic heterocycles. The number of pyridine rings is 1. The number of fused-ring (bicyclic) bond motifs is 1. The lowest BCUT2D eigenvalue weighted by molar-refractivity contribution is 0.0711. The van der Waals surface area contributed by atoms with Crippen LogP contribution in [0.15, 0.2) is 42.6 Å². The normalized spacial score (nSPS) is 14.3. The molecular formula is C22H24N4O2. The molecule has 1 aromatic carbocycles. The number of carbonyl (C=O) groups excluding carboxylic acids is 2. The summed E-state index contributed by atoms with van der Waals surface area (Å²) in [7, 11) is 0. The summed E-state index contributed by atoms with van der Waals surface area (Å²) < 4.78 is 1.72. The Labute approximate surface area is 164 Å². The van der Waals surface area contributed by atoms with Gasteiger partial charge in [0.25, 0.3) is 11.8 Å². The number of amides is 2.